The summed E-state index contributed by atoms with van der Waals surface area (Å²) in [7, 11) is 0. The second-order valence-corrected chi connectivity index (χ2v) is 6.74. The molecule has 5 heteroatoms. The Hall–Kier alpha value is -2.40. The van der Waals surface area contributed by atoms with Gasteiger partial charge < -0.3 is 9.73 Å². The predicted molar refractivity (Wildman–Crippen MR) is 101 cm³/mol. The van der Waals surface area contributed by atoms with Crippen molar-refractivity contribution in [2.24, 2.45) is 0 Å². The zero-order valence-corrected chi connectivity index (χ0v) is 15.5. The van der Waals surface area contributed by atoms with E-state index in [1.807, 2.05) is 61.5 Å². The number of hydrogen-bond donors (Lipinski definition) is 1. The van der Waals surface area contributed by atoms with Gasteiger partial charge in [-0.25, -0.2) is 4.98 Å². The number of nitrogens with zero attached hydrogens (tertiary/aromatic N) is 1. The molecule has 0 saturated heterocycles. The number of amides is 1. The molecule has 2 aromatic carbocycles. The fraction of sp³-hybridized carbons (Fsp3) is 0.200. The minimum atomic E-state index is -0.0181. The normalized spacial score (nSPS) is 11.9. The minimum Gasteiger partial charge on any atom is -0.441 e. The second-order valence-electron chi connectivity index (χ2n) is 5.83. The molecule has 4 nitrogen and oxygen atoms in total. The number of nitrogens with one attached hydrogen (secondary N) is 1. The molecule has 3 rings (SSSR count). The summed E-state index contributed by atoms with van der Waals surface area (Å²) in [4.78, 5) is 16.4. The van der Waals surface area contributed by atoms with Crippen LogP contribution in [0.4, 0.5) is 0 Å². The molecule has 0 aliphatic heterocycles. The van der Waals surface area contributed by atoms with Crippen molar-refractivity contribution in [3.63, 3.8) is 0 Å². The van der Waals surface area contributed by atoms with Crippen molar-refractivity contribution in [3.8, 4) is 11.3 Å². The fourth-order valence-electron chi connectivity index (χ4n) is 2.56. The quantitative estimate of drug-likeness (QED) is 0.641. The lowest BCUT2D eigenvalue weighted by Gasteiger charge is -2.13. The second kappa shape index (κ2) is 8.12. The number of hydrogen-bond acceptors (Lipinski definition) is 3. The van der Waals surface area contributed by atoms with E-state index in [0.717, 1.165) is 15.6 Å². The Morgan fingerprint density at radius 2 is 2.00 bits per heavy atom. The first-order valence-electron chi connectivity index (χ1n) is 8.17. The number of halogens is 1. The third-order valence-electron chi connectivity index (χ3n) is 3.91. The lowest BCUT2D eigenvalue weighted by atomic mass is 10.1. The monoisotopic (exact) mass is 398 g/mol. The van der Waals surface area contributed by atoms with Crippen molar-refractivity contribution in [2.45, 2.75) is 25.8 Å². The van der Waals surface area contributed by atoms with E-state index in [1.165, 1.54) is 0 Å². The zero-order valence-electron chi connectivity index (χ0n) is 13.9. The molecule has 0 radical (unpaired) electrons. The van der Waals surface area contributed by atoms with Crippen LogP contribution in [0, 0.1) is 0 Å². The summed E-state index contributed by atoms with van der Waals surface area (Å²) in [5.41, 5.74) is 2.04. The maximum Gasteiger partial charge on any atom is 0.220 e. The van der Waals surface area contributed by atoms with E-state index in [9.17, 15) is 4.79 Å². The lowest BCUT2D eigenvalue weighted by molar-refractivity contribution is -0.121. The van der Waals surface area contributed by atoms with Crippen LogP contribution in [-0.2, 0) is 11.2 Å². The van der Waals surface area contributed by atoms with Gasteiger partial charge in [0, 0.05) is 22.9 Å². The number of rotatable bonds is 6. The number of carbonyl (C=O) groups is 1. The molecule has 0 saturated carbocycles. The van der Waals surface area contributed by atoms with Crippen molar-refractivity contribution in [1.82, 2.24) is 10.3 Å². The standard InChI is InChI=1S/C20H19BrN2O2/c1-14(15-6-3-2-4-7-15)23-19(24)10-11-20-22-13-18(25-20)16-8-5-9-17(21)12-16/h2-9,12-14H,10-11H2,1H3,(H,23,24)/t14-/m0/s1. The molecular weight excluding hydrogens is 380 g/mol. The van der Waals surface area contributed by atoms with Gasteiger partial charge in [-0.05, 0) is 24.6 Å². The van der Waals surface area contributed by atoms with Crippen LogP contribution in [0.1, 0.15) is 30.8 Å². The van der Waals surface area contributed by atoms with E-state index < -0.39 is 0 Å². The molecule has 25 heavy (non-hydrogen) atoms. The van der Waals surface area contributed by atoms with Crippen molar-refractivity contribution < 1.29 is 9.21 Å². The first-order valence-corrected chi connectivity index (χ1v) is 8.96. The molecule has 0 bridgehead atoms. The summed E-state index contributed by atoms with van der Waals surface area (Å²) in [5.74, 6) is 1.26. The third-order valence-corrected chi connectivity index (χ3v) is 4.40. The smallest absolute Gasteiger partial charge is 0.220 e. The van der Waals surface area contributed by atoms with E-state index >= 15 is 0 Å². The Balaban J connectivity index is 1.54. The highest BCUT2D eigenvalue weighted by Gasteiger charge is 2.12. The van der Waals surface area contributed by atoms with Gasteiger partial charge in [-0.1, -0.05) is 58.4 Å². The van der Waals surface area contributed by atoms with Gasteiger partial charge >= 0.3 is 0 Å². The molecule has 3 aromatic rings. The van der Waals surface area contributed by atoms with Gasteiger partial charge in [0.2, 0.25) is 5.91 Å². The molecule has 128 valence electrons. The number of benzene rings is 2. The largest absolute Gasteiger partial charge is 0.441 e. The van der Waals surface area contributed by atoms with E-state index in [1.54, 1.807) is 6.20 Å². The van der Waals surface area contributed by atoms with Crippen LogP contribution in [0.3, 0.4) is 0 Å². The van der Waals surface area contributed by atoms with Crippen LogP contribution in [0.2, 0.25) is 0 Å². The van der Waals surface area contributed by atoms with Gasteiger partial charge in [-0.2, -0.15) is 0 Å². The molecule has 0 unspecified atom stereocenters. The minimum absolute atomic E-state index is 0.0152. The number of aryl methyl sites for hydroxylation is 1. The highest BCUT2D eigenvalue weighted by Crippen LogP contribution is 2.24. The molecule has 1 aromatic heterocycles. The summed E-state index contributed by atoms with van der Waals surface area (Å²) in [6.07, 6.45) is 2.51. The van der Waals surface area contributed by atoms with Crippen LogP contribution in [0.25, 0.3) is 11.3 Å². The van der Waals surface area contributed by atoms with E-state index in [0.29, 0.717) is 24.5 Å². The molecule has 1 N–H and O–H groups in total. The molecule has 0 aliphatic rings. The van der Waals surface area contributed by atoms with Gasteiger partial charge in [0.25, 0.3) is 0 Å². The number of oxazole rings is 1. The Bertz CT molecular complexity index is 846. The maximum atomic E-state index is 12.1. The first-order chi connectivity index (χ1) is 12.1. The number of aromatic nitrogens is 1. The van der Waals surface area contributed by atoms with Crippen molar-refractivity contribution in [1.29, 1.82) is 0 Å². The predicted octanol–water partition coefficient (Wildman–Crippen LogP) is 4.91. The van der Waals surface area contributed by atoms with E-state index in [-0.39, 0.29) is 11.9 Å². The van der Waals surface area contributed by atoms with Gasteiger partial charge in [0.05, 0.1) is 12.2 Å². The van der Waals surface area contributed by atoms with Crippen LogP contribution in [0.5, 0.6) is 0 Å². The lowest BCUT2D eigenvalue weighted by Crippen LogP contribution is -2.26. The Morgan fingerprint density at radius 1 is 1.20 bits per heavy atom. The van der Waals surface area contributed by atoms with Gasteiger partial charge in [0.15, 0.2) is 11.7 Å². The molecule has 0 fully saturated rings. The van der Waals surface area contributed by atoms with Gasteiger partial charge in [-0.15, -0.1) is 0 Å². The van der Waals surface area contributed by atoms with Crippen molar-refractivity contribution in [2.75, 3.05) is 0 Å². The Labute approximate surface area is 155 Å². The summed E-state index contributed by atoms with van der Waals surface area (Å²) in [6, 6.07) is 17.7. The van der Waals surface area contributed by atoms with Crippen molar-refractivity contribution >= 4 is 21.8 Å². The summed E-state index contributed by atoms with van der Waals surface area (Å²) in [5, 5.41) is 3.00. The molecule has 0 aliphatic carbocycles. The first kappa shape index (κ1) is 17.4. The highest BCUT2D eigenvalue weighted by atomic mass is 79.9. The maximum absolute atomic E-state index is 12.1. The Kier molecular flexibility index (Phi) is 5.66. The molecular formula is C20H19BrN2O2. The molecule has 1 heterocycles. The average Bonchev–Trinajstić information content (AvgIpc) is 3.10. The average molecular weight is 399 g/mol. The molecule has 0 spiro atoms. The number of carbonyl (C=O) groups excluding carboxylic acids is 1. The zero-order chi connectivity index (χ0) is 17.6. The summed E-state index contributed by atoms with van der Waals surface area (Å²) >= 11 is 3.44. The highest BCUT2D eigenvalue weighted by molar-refractivity contribution is 9.10. The van der Waals surface area contributed by atoms with Crippen molar-refractivity contribution in [3.05, 3.63) is 76.7 Å². The van der Waals surface area contributed by atoms with Crippen LogP contribution < -0.4 is 5.32 Å². The SMILES string of the molecule is C[C@H](NC(=O)CCc1ncc(-c2cccc(Br)c2)o1)c1ccccc1. The molecule has 1 amide bonds. The topological polar surface area (TPSA) is 55.1 Å². The van der Waals surface area contributed by atoms with Crippen LogP contribution in [0.15, 0.2) is 69.7 Å². The third kappa shape index (κ3) is 4.79. The summed E-state index contributed by atoms with van der Waals surface area (Å²) < 4.78 is 6.74. The van der Waals surface area contributed by atoms with E-state index in [4.69, 9.17) is 4.42 Å². The van der Waals surface area contributed by atoms with Crippen LogP contribution >= 0.6 is 15.9 Å². The fourth-order valence-corrected chi connectivity index (χ4v) is 2.96. The molecule has 1 atom stereocenters. The summed E-state index contributed by atoms with van der Waals surface area (Å²) in [6.45, 7) is 1.98. The van der Waals surface area contributed by atoms with Crippen LogP contribution in [-0.4, -0.2) is 10.9 Å². The Morgan fingerprint density at radius 3 is 2.76 bits per heavy atom. The van der Waals surface area contributed by atoms with Gasteiger partial charge in [0.1, 0.15) is 0 Å². The van der Waals surface area contributed by atoms with Gasteiger partial charge in [-0.3, -0.25) is 4.79 Å². The van der Waals surface area contributed by atoms with E-state index in [2.05, 4.69) is 26.2 Å².